The van der Waals surface area contributed by atoms with Gasteiger partial charge in [0.25, 0.3) is 0 Å². The summed E-state index contributed by atoms with van der Waals surface area (Å²) in [6, 6.07) is 5.20. The van der Waals surface area contributed by atoms with E-state index in [1.165, 1.54) is 11.3 Å². The normalized spacial score (nSPS) is 10.8. The van der Waals surface area contributed by atoms with Crippen LogP contribution in [0.25, 0.3) is 10.6 Å². The predicted molar refractivity (Wildman–Crippen MR) is 103 cm³/mol. The third-order valence-corrected chi connectivity index (χ3v) is 5.61. The van der Waals surface area contributed by atoms with E-state index < -0.39 is 5.97 Å². The number of nitrogens with zero attached hydrogens (tertiary/aromatic N) is 2. The SMILES string of the molecule is CCCc1ccc(C(=O)O)cc1Nc1nc(-c2sc(C)nc2C)cs1. The van der Waals surface area contributed by atoms with E-state index in [0.29, 0.717) is 0 Å². The molecule has 0 saturated carbocycles. The predicted octanol–water partition coefficient (Wildman–Crippen LogP) is 5.28. The molecule has 0 aliphatic heterocycles. The molecule has 2 heterocycles. The van der Waals surface area contributed by atoms with Crippen LogP contribution >= 0.6 is 22.7 Å². The van der Waals surface area contributed by atoms with Gasteiger partial charge in [-0.1, -0.05) is 19.4 Å². The highest BCUT2D eigenvalue weighted by Crippen LogP contribution is 2.33. The highest BCUT2D eigenvalue weighted by atomic mass is 32.1. The van der Waals surface area contributed by atoms with Gasteiger partial charge in [-0.15, -0.1) is 22.7 Å². The van der Waals surface area contributed by atoms with Gasteiger partial charge in [0.1, 0.15) is 0 Å². The number of aromatic carboxylic acids is 1. The fourth-order valence-corrected chi connectivity index (χ4v) is 4.30. The molecule has 0 radical (unpaired) electrons. The number of carboxylic acids is 1. The lowest BCUT2D eigenvalue weighted by molar-refractivity contribution is 0.0697. The first-order chi connectivity index (χ1) is 12.0. The number of aryl methyl sites for hydroxylation is 3. The van der Waals surface area contributed by atoms with E-state index in [2.05, 4.69) is 22.2 Å². The minimum absolute atomic E-state index is 0.271. The average Bonchev–Trinajstić information content (AvgIpc) is 3.15. The summed E-state index contributed by atoms with van der Waals surface area (Å²) < 4.78 is 0. The zero-order chi connectivity index (χ0) is 18.0. The van der Waals surface area contributed by atoms with Crippen molar-refractivity contribution in [3.05, 3.63) is 45.4 Å². The summed E-state index contributed by atoms with van der Waals surface area (Å²) in [5.74, 6) is -0.929. The van der Waals surface area contributed by atoms with Gasteiger partial charge in [-0.05, 0) is 38.0 Å². The Bertz CT molecular complexity index is 915. The van der Waals surface area contributed by atoms with Crippen LogP contribution in [0.3, 0.4) is 0 Å². The average molecular weight is 374 g/mol. The molecule has 2 aromatic heterocycles. The third-order valence-electron chi connectivity index (χ3n) is 3.76. The fourth-order valence-electron chi connectivity index (χ4n) is 2.63. The summed E-state index contributed by atoms with van der Waals surface area (Å²) in [5.41, 5.74) is 4.06. The number of carboxylic acid groups (broad SMARTS) is 1. The topological polar surface area (TPSA) is 75.1 Å². The number of rotatable bonds is 6. The number of anilines is 2. The van der Waals surface area contributed by atoms with Crippen molar-refractivity contribution in [1.29, 1.82) is 0 Å². The highest BCUT2D eigenvalue weighted by Gasteiger charge is 2.13. The van der Waals surface area contributed by atoms with Gasteiger partial charge < -0.3 is 10.4 Å². The number of carbonyl (C=O) groups is 1. The molecule has 25 heavy (non-hydrogen) atoms. The maximum Gasteiger partial charge on any atom is 0.335 e. The van der Waals surface area contributed by atoms with Gasteiger partial charge in [-0.25, -0.2) is 14.8 Å². The Morgan fingerprint density at radius 2 is 2.08 bits per heavy atom. The summed E-state index contributed by atoms with van der Waals surface area (Å²) in [5, 5.41) is 16.3. The van der Waals surface area contributed by atoms with Gasteiger partial charge in [-0.2, -0.15) is 0 Å². The minimum atomic E-state index is -0.929. The Morgan fingerprint density at radius 3 is 2.72 bits per heavy atom. The molecular formula is C18H19N3O2S2. The van der Waals surface area contributed by atoms with Crippen LogP contribution in [0.15, 0.2) is 23.6 Å². The fraction of sp³-hybridized carbons (Fsp3) is 0.278. The van der Waals surface area contributed by atoms with Crippen LogP contribution in [-0.4, -0.2) is 21.0 Å². The second-order valence-electron chi connectivity index (χ2n) is 5.74. The number of hydrogen-bond acceptors (Lipinski definition) is 6. The molecule has 0 aliphatic rings. The molecule has 0 bridgehead atoms. The lowest BCUT2D eigenvalue weighted by atomic mass is 10.0. The van der Waals surface area contributed by atoms with Gasteiger partial charge in [0.15, 0.2) is 5.13 Å². The Labute approximate surface area is 154 Å². The Kier molecular flexibility index (Phi) is 5.15. The number of aromatic nitrogens is 2. The lowest BCUT2D eigenvalue weighted by Crippen LogP contribution is -2.01. The first-order valence-corrected chi connectivity index (χ1v) is 9.70. The van der Waals surface area contributed by atoms with Crippen molar-refractivity contribution in [2.24, 2.45) is 0 Å². The highest BCUT2D eigenvalue weighted by molar-refractivity contribution is 7.16. The molecule has 130 valence electrons. The van der Waals surface area contributed by atoms with Crippen LogP contribution < -0.4 is 5.32 Å². The van der Waals surface area contributed by atoms with Crippen LogP contribution in [0.2, 0.25) is 0 Å². The maximum absolute atomic E-state index is 11.3. The molecule has 1 aromatic carbocycles. The van der Waals surface area contributed by atoms with Crippen LogP contribution in [0, 0.1) is 13.8 Å². The molecule has 0 spiro atoms. The molecule has 3 aromatic rings. The van der Waals surface area contributed by atoms with E-state index >= 15 is 0 Å². The quantitative estimate of drug-likeness (QED) is 0.615. The van der Waals surface area contributed by atoms with Crippen LogP contribution in [0.4, 0.5) is 10.8 Å². The van der Waals surface area contributed by atoms with Crippen LogP contribution in [-0.2, 0) is 6.42 Å². The molecule has 0 fully saturated rings. The maximum atomic E-state index is 11.3. The van der Waals surface area contributed by atoms with Gasteiger partial charge in [0.05, 0.1) is 26.8 Å². The van der Waals surface area contributed by atoms with E-state index in [-0.39, 0.29) is 5.56 Å². The summed E-state index contributed by atoms with van der Waals surface area (Å²) in [6.45, 7) is 6.08. The zero-order valence-electron chi connectivity index (χ0n) is 14.3. The molecular weight excluding hydrogens is 354 g/mol. The van der Waals surface area contributed by atoms with Crippen LogP contribution in [0.1, 0.15) is 40.0 Å². The van der Waals surface area contributed by atoms with Crippen molar-refractivity contribution >= 4 is 39.5 Å². The Hall–Kier alpha value is -2.25. The van der Waals surface area contributed by atoms with E-state index in [1.54, 1.807) is 23.5 Å². The molecule has 0 atom stereocenters. The third kappa shape index (κ3) is 3.88. The van der Waals surface area contributed by atoms with Crippen molar-refractivity contribution in [3.63, 3.8) is 0 Å². The second kappa shape index (κ2) is 7.33. The van der Waals surface area contributed by atoms with Crippen molar-refractivity contribution in [2.45, 2.75) is 33.6 Å². The molecule has 0 aliphatic carbocycles. The van der Waals surface area contributed by atoms with Crippen molar-refractivity contribution in [3.8, 4) is 10.6 Å². The standard InChI is InChI=1S/C18H19N3O2S2/c1-4-5-12-6-7-13(17(22)23)8-14(12)20-18-21-15(9-24-18)16-10(2)19-11(3)25-16/h6-9H,4-5H2,1-3H3,(H,20,21)(H,22,23). The van der Waals surface area contributed by atoms with Gasteiger partial charge in [0, 0.05) is 11.1 Å². The van der Waals surface area contributed by atoms with E-state index in [1.807, 2.05) is 25.3 Å². The molecule has 0 unspecified atom stereocenters. The van der Waals surface area contributed by atoms with Crippen molar-refractivity contribution in [2.75, 3.05) is 5.32 Å². The molecule has 0 amide bonds. The van der Waals surface area contributed by atoms with Gasteiger partial charge in [-0.3, -0.25) is 0 Å². The summed E-state index contributed by atoms with van der Waals surface area (Å²) >= 11 is 3.14. The van der Waals surface area contributed by atoms with E-state index in [4.69, 9.17) is 0 Å². The number of nitrogens with one attached hydrogen (secondary N) is 1. The van der Waals surface area contributed by atoms with Crippen molar-refractivity contribution < 1.29 is 9.90 Å². The summed E-state index contributed by atoms with van der Waals surface area (Å²) in [7, 11) is 0. The molecule has 3 rings (SSSR count). The Balaban J connectivity index is 1.91. The summed E-state index contributed by atoms with van der Waals surface area (Å²) in [4.78, 5) is 21.4. The molecule has 5 nitrogen and oxygen atoms in total. The second-order valence-corrected chi connectivity index (χ2v) is 7.80. The number of thiazole rings is 2. The number of benzene rings is 1. The zero-order valence-corrected chi connectivity index (χ0v) is 15.9. The largest absolute Gasteiger partial charge is 0.478 e. The van der Waals surface area contributed by atoms with Crippen molar-refractivity contribution in [1.82, 2.24) is 9.97 Å². The van der Waals surface area contributed by atoms with Crippen LogP contribution in [0.5, 0.6) is 0 Å². The van der Waals surface area contributed by atoms with E-state index in [9.17, 15) is 9.90 Å². The first-order valence-electron chi connectivity index (χ1n) is 8.01. The Morgan fingerprint density at radius 1 is 1.28 bits per heavy atom. The first kappa shape index (κ1) is 17.6. The lowest BCUT2D eigenvalue weighted by Gasteiger charge is -2.10. The molecule has 7 heteroatoms. The number of hydrogen-bond donors (Lipinski definition) is 2. The molecule has 0 saturated heterocycles. The van der Waals surface area contributed by atoms with Gasteiger partial charge >= 0.3 is 5.97 Å². The smallest absolute Gasteiger partial charge is 0.335 e. The van der Waals surface area contributed by atoms with Gasteiger partial charge in [0.2, 0.25) is 0 Å². The van der Waals surface area contributed by atoms with E-state index in [0.717, 1.165) is 50.5 Å². The minimum Gasteiger partial charge on any atom is -0.478 e. The summed E-state index contributed by atoms with van der Waals surface area (Å²) in [6.07, 6.45) is 1.87. The monoisotopic (exact) mass is 373 g/mol. The molecule has 2 N–H and O–H groups in total.